The summed E-state index contributed by atoms with van der Waals surface area (Å²) < 4.78 is 12.1. The summed E-state index contributed by atoms with van der Waals surface area (Å²) in [4.78, 5) is 43.5. The van der Waals surface area contributed by atoms with Gasteiger partial charge in [-0.1, -0.05) is 62.4 Å². The number of aliphatic hydroxyl groups is 1. The van der Waals surface area contributed by atoms with Crippen molar-refractivity contribution in [2.45, 2.75) is 58.3 Å². The van der Waals surface area contributed by atoms with Crippen molar-refractivity contribution in [3.05, 3.63) is 117 Å². The number of hydrogen-bond acceptors (Lipinski definition) is 8. The van der Waals surface area contributed by atoms with Gasteiger partial charge >= 0.3 is 17.5 Å². The lowest BCUT2D eigenvalue weighted by molar-refractivity contribution is -0.138. The number of fused-ring (bicyclic) bond motifs is 5. The van der Waals surface area contributed by atoms with Crippen LogP contribution in [0.25, 0.3) is 10.9 Å². The number of nitrogens with zero attached hydrogens (tertiary/aromatic N) is 1. The summed E-state index contributed by atoms with van der Waals surface area (Å²) in [5.74, 6) is -1.92. The minimum absolute atomic E-state index is 0.137. The third kappa shape index (κ3) is 5.89. The minimum atomic E-state index is -1.00. The summed E-state index contributed by atoms with van der Waals surface area (Å²) in [6.45, 7) is 4.77. The third-order valence-electron chi connectivity index (χ3n) is 8.25. The van der Waals surface area contributed by atoms with Gasteiger partial charge in [0.1, 0.15) is 17.9 Å². The molecule has 9 heteroatoms. The van der Waals surface area contributed by atoms with Gasteiger partial charge in [0, 0.05) is 30.1 Å². The first-order valence-corrected chi connectivity index (χ1v) is 14.9. The second-order valence-corrected chi connectivity index (χ2v) is 11.1. The number of aliphatic hydroxyl groups excluding tert-OH is 1. The fraction of sp³-hybridized carbons (Fsp3) is 0.286. The lowest BCUT2D eigenvalue weighted by Gasteiger charge is -2.21. The van der Waals surface area contributed by atoms with E-state index in [1.807, 2.05) is 30.3 Å². The molecule has 1 aliphatic carbocycles. The summed E-state index contributed by atoms with van der Waals surface area (Å²) in [7, 11) is 0. The van der Waals surface area contributed by atoms with Gasteiger partial charge in [-0.25, -0.2) is 9.59 Å². The molecule has 0 fully saturated rings. The molecule has 0 spiro atoms. The van der Waals surface area contributed by atoms with Crippen LogP contribution >= 0.6 is 0 Å². The highest BCUT2D eigenvalue weighted by Gasteiger charge is 2.27. The van der Waals surface area contributed by atoms with Crippen LogP contribution in [-0.2, 0) is 41.9 Å². The van der Waals surface area contributed by atoms with Crippen LogP contribution in [0.15, 0.2) is 77.6 Å². The Morgan fingerprint density at radius 2 is 1.61 bits per heavy atom. The zero-order valence-electron chi connectivity index (χ0n) is 24.7. The van der Waals surface area contributed by atoms with Crippen molar-refractivity contribution >= 4 is 22.8 Å². The standard InChI is InChI=1S/C35H34N2O7/c1-3-22-14-24-16-26(17-25(24)15-23(22)4-2)36-19-29(38)27-10-11-30(42-20-21-8-6-5-7-9-21)34-28(27)18-31-35(41)37(34)44-33(40)13-12-32(39)43-31/h5-15,18,26,29,36,38H,3-4,16-17,19-20H2,1-2H3/b13-12-/t29-/m0/s1. The van der Waals surface area contributed by atoms with E-state index >= 15 is 0 Å². The molecule has 0 radical (unpaired) electrons. The second kappa shape index (κ2) is 12.5. The molecule has 0 saturated carbocycles. The zero-order chi connectivity index (χ0) is 30.8. The van der Waals surface area contributed by atoms with Gasteiger partial charge in [0.05, 0.1) is 6.10 Å². The summed E-state index contributed by atoms with van der Waals surface area (Å²) in [5.41, 5.74) is 6.08. The average molecular weight is 595 g/mol. The number of carbonyl (C=O) groups excluding carboxylic acids is 2. The van der Waals surface area contributed by atoms with Crippen molar-refractivity contribution in [2.75, 3.05) is 6.54 Å². The number of ether oxygens (including phenoxy) is 2. The smallest absolute Gasteiger partial charge is 0.356 e. The molecule has 9 nitrogen and oxygen atoms in total. The van der Waals surface area contributed by atoms with Gasteiger partial charge in [-0.3, -0.25) is 4.79 Å². The van der Waals surface area contributed by atoms with Crippen LogP contribution in [0.4, 0.5) is 0 Å². The van der Waals surface area contributed by atoms with E-state index in [0.717, 1.165) is 48.1 Å². The number of esters is 1. The van der Waals surface area contributed by atoms with Crippen molar-refractivity contribution in [3.8, 4) is 11.5 Å². The monoisotopic (exact) mass is 594 g/mol. The lowest BCUT2D eigenvalue weighted by Crippen LogP contribution is -2.34. The maximum atomic E-state index is 13.3. The number of hydrogen-bond donors (Lipinski definition) is 2. The summed E-state index contributed by atoms with van der Waals surface area (Å²) >= 11 is 0. The van der Waals surface area contributed by atoms with Crippen LogP contribution in [0.3, 0.4) is 0 Å². The molecule has 0 amide bonds. The number of aromatic nitrogens is 1. The molecular formula is C35H34N2O7. The summed E-state index contributed by atoms with van der Waals surface area (Å²) in [6.07, 6.45) is 4.51. The van der Waals surface area contributed by atoms with Crippen molar-refractivity contribution < 1.29 is 29.0 Å². The van der Waals surface area contributed by atoms with E-state index in [0.29, 0.717) is 10.9 Å². The Labute approximate surface area is 254 Å². The topological polar surface area (TPSA) is 116 Å². The van der Waals surface area contributed by atoms with Crippen molar-refractivity contribution in [3.63, 3.8) is 0 Å². The van der Waals surface area contributed by atoms with Gasteiger partial charge in [-0.2, -0.15) is 0 Å². The van der Waals surface area contributed by atoms with Crippen LogP contribution in [-0.4, -0.2) is 34.4 Å². The summed E-state index contributed by atoms with van der Waals surface area (Å²) in [5, 5.41) is 15.3. The van der Waals surface area contributed by atoms with Gasteiger partial charge in [0.2, 0.25) is 0 Å². The number of aryl methyl sites for hydroxylation is 2. The largest absolute Gasteiger partial charge is 0.487 e. The molecule has 1 atom stereocenters. The highest BCUT2D eigenvalue weighted by Crippen LogP contribution is 2.34. The number of benzene rings is 3. The van der Waals surface area contributed by atoms with E-state index in [9.17, 15) is 19.5 Å². The van der Waals surface area contributed by atoms with Crippen LogP contribution in [0.1, 0.15) is 53.3 Å². The molecule has 44 heavy (non-hydrogen) atoms. The number of nitrogens with one attached hydrogen (secondary N) is 1. The number of rotatable bonds is 9. The summed E-state index contributed by atoms with van der Waals surface area (Å²) in [6, 6.07) is 19.0. The maximum Gasteiger partial charge on any atom is 0.356 e. The third-order valence-corrected chi connectivity index (χ3v) is 8.25. The Hall–Kier alpha value is -4.73. The molecule has 2 heterocycles. The molecule has 4 aromatic rings. The molecule has 1 aromatic heterocycles. The SMILES string of the molecule is CCc1cc2c(cc1CC)CC(NC[C@H](O)c1ccc(OCc3ccccc3)c3c1cc1c(=O)n3OC(=O)/C=C\C(=O)O1)C2. The van der Waals surface area contributed by atoms with E-state index in [2.05, 4.69) is 31.3 Å². The predicted octanol–water partition coefficient (Wildman–Crippen LogP) is 3.93. The molecule has 1 aliphatic heterocycles. The molecule has 2 aliphatic rings. The van der Waals surface area contributed by atoms with Gasteiger partial charge in [0.25, 0.3) is 0 Å². The fourth-order valence-corrected chi connectivity index (χ4v) is 6.03. The highest BCUT2D eigenvalue weighted by atomic mass is 16.7. The molecule has 2 N–H and O–H groups in total. The van der Waals surface area contributed by atoms with E-state index in [-0.39, 0.29) is 36.2 Å². The Kier molecular flexibility index (Phi) is 8.32. The fourth-order valence-electron chi connectivity index (χ4n) is 6.03. The Morgan fingerprint density at radius 1 is 0.932 bits per heavy atom. The molecule has 0 saturated heterocycles. The molecule has 6 rings (SSSR count). The average Bonchev–Trinajstić information content (AvgIpc) is 3.45. The van der Waals surface area contributed by atoms with Crippen LogP contribution in [0, 0.1) is 0 Å². The first-order valence-electron chi connectivity index (χ1n) is 14.9. The van der Waals surface area contributed by atoms with Crippen molar-refractivity contribution in [1.29, 1.82) is 0 Å². The Morgan fingerprint density at radius 3 is 2.30 bits per heavy atom. The van der Waals surface area contributed by atoms with Crippen molar-refractivity contribution in [2.24, 2.45) is 0 Å². The molecular weight excluding hydrogens is 560 g/mol. The van der Waals surface area contributed by atoms with Gasteiger partial charge < -0.3 is 24.7 Å². The zero-order valence-corrected chi connectivity index (χ0v) is 24.7. The second-order valence-electron chi connectivity index (χ2n) is 11.1. The van der Waals surface area contributed by atoms with E-state index in [1.54, 1.807) is 12.1 Å². The normalized spacial score (nSPS) is 16.0. The number of pyridine rings is 1. The van der Waals surface area contributed by atoms with Crippen LogP contribution < -0.4 is 25.2 Å². The van der Waals surface area contributed by atoms with Gasteiger partial charge in [0.15, 0.2) is 5.75 Å². The molecule has 226 valence electrons. The van der Waals surface area contributed by atoms with Gasteiger partial charge in [-0.05, 0) is 71.2 Å². The van der Waals surface area contributed by atoms with Crippen molar-refractivity contribution in [1.82, 2.24) is 10.0 Å². The first kappa shape index (κ1) is 29.3. The van der Waals surface area contributed by atoms with E-state index in [4.69, 9.17) is 14.3 Å². The van der Waals surface area contributed by atoms with Gasteiger partial charge in [-0.15, -0.1) is 4.73 Å². The Balaban J connectivity index is 1.33. The minimum Gasteiger partial charge on any atom is -0.487 e. The number of carbonyl (C=O) groups is 2. The van der Waals surface area contributed by atoms with Crippen LogP contribution in [0.2, 0.25) is 0 Å². The predicted molar refractivity (Wildman–Crippen MR) is 165 cm³/mol. The quantitative estimate of drug-likeness (QED) is 0.280. The molecule has 0 unspecified atom stereocenters. The lowest BCUT2D eigenvalue weighted by atomic mass is 9.97. The molecule has 2 bridgehead atoms. The first-order chi connectivity index (χ1) is 21.3. The van der Waals surface area contributed by atoms with Crippen LogP contribution in [0.5, 0.6) is 11.5 Å². The van der Waals surface area contributed by atoms with E-state index < -0.39 is 23.6 Å². The maximum absolute atomic E-state index is 13.3. The molecule has 3 aromatic carbocycles. The Bertz CT molecular complexity index is 1790. The van der Waals surface area contributed by atoms with E-state index in [1.165, 1.54) is 28.3 Å². The highest BCUT2D eigenvalue weighted by molar-refractivity contribution is 5.95.